The van der Waals surface area contributed by atoms with Crippen LogP contribution in [0.4, 0.5) is 8.78 Å². The maximum atomic E-state index is 13.5. The van der Waals surface area contributed by atoms with Gasteiger partial charge < -0.3 is 10.5 Å². The highest BCUT2D eigenvalue weighted by atomic mass is 19.1. The van der Waals surface area contributed by atoms with Crippen LogP contribution in [-0.2, 0) is 4.79 Å². The molecular weight excluding hydrogens is 456 g/mol. The first-order chi connectivity index (χ1) is 16.5. The number of primary amides is 1. The van der Waals surface area contributed by atoms with Crippen molar-refractivity contribution in [3.63, 3.8) is 0 Å². The monoisotopic (exact) mass is 479 g/mol. The number of ether oxygens (including phenoxy) is 1. The van der Waals surface area contributed by atoms with Crippen molar-refractivity contribution in [1.29, 1.82) is 0 Å². The normalized spacial score (nSPS) is 12.5. The van der Waals surface area contributed by atoms with E-state index in [2.05, 4.69) is 15.0 Å². The van der Waals surface area contributed by atoms with Gasteiger partial charge in [-0.3, -0.25) is 19.1 Å². The lowest BCUT2D eigenvalue weighted by Gasteiger charge is -2.19. The van der Waals surface area contributed by atoms with Crippen LogP contribution in [0.25, 0.3) is 28.1 Å². The summed E-state index contributed by atoms with van der Waals surface area (Å²) in [7, 11) is 0. The molecule has 0 saturated heterocycles. The Morgan fingerprint density at radius 3 is 2.51 bits per heavy atom. The number of carbonyl (C=O) groups excluding carboxylic acids is 2. The molecule has 0 aliphatic rings. The van der Waals surface area contributed by atoms with Gasteiger partial charge in [0.1, 0.15) is 5.75 Å². The summed E-state index contributed by atoms with van der Waals surface area (Å²) >= 11 is 0. The highest BCUT2D eigenvalue weighted by Crippen LogP contribution is 2.33. The van der Waals surface area contributed by atoms with Crippen LogP contribution in [0.1, 0.15) is 37.6 Å². The number of alkyl halides is 1. The SMILES string of the molecule is CC(F)Oc1cccc(-c2cn(-c3ncc(F)cn3)c3cc(C(=O)CC(C)(C)C(N)=O)cnc23)c1. The van der Waals surface area contributed by atoms with Gasteiger partial charge in [-0.2, -0.15) is 0 Å². The summed E-state index contributed by atoms with van der Waals surface area (Å²) in [5.74, 6) is -1.01. The first-order valence-corrected chi connectivity index (χ1v) is 10.8. The van der Waals surface area contributed by atoms with Gasteiger partial charge in [0.2, 0.25) is 18.2 Å². The molecule has 3 heterocycles. The average molecular weight is 479 g/mol. The molecule has 0 spiro atoms. The minimum absolute atomic E-state index is 0.100. The lowest BCUT2D eigenvalue weighted by Crippen LogP contribution is -2.33. The lowest BCUT2D eigenvalue weighted by molar-refractivity contribution is -0.125. The quantitative estimate of drug-likeness (QED) is 0.375. The lowest BCUT2D eigenvalue weighted by atomic mass is 9.85. The Balaban J connectivity index is 1.86. The number of pyridine rings is 1. The first kappa shape index (κ1) is 23.9. The van der Waals surface area contributed by atoms with Crippen LogP contribution in [0, 0.1) is 11.2 Å². The molecule has 4 rings (SSSR count). The molecule has 0 aliphatic carbocycles. The van der Waals surface area contributed by atoms with Crippen LogP contribution in [0.5, 0.6) is 5.75 Å². The topological polar surface area (TPSA) is 113 Å². The van der Waals surface area contributed by atoms with E-state index in [1.807, 2.05) is 0 Å². The minimum Gasteiger partial charge on any atom is -0.461 e. The minimum atomic E-state index is -1.49. The molecule has 180 valence electrons. The summed E-state index contributed by atoms with van der Waals surface area (Å²) in [6.07, 6.45) is 3.59. The van der Waals surface area contributed by atoms with Crippen molar-refractivity contribution in [1.82, 2.24) is 19.5 Å². The third-order valence-corrected chi connectivity index (χ3v) is 5.50. The Kier molecular flexibility index (Phi) is 6.29. The largest absolute Gasteiger partial charge is 0.461 e. The van der Waals surface area contributed by atoms with Crippen LogP contribution >= 0.6 is 0 Å². The molecule has 0 saturated carbocycles. The van der Waals surface area contributed by atoms with Crippen LogP contribution in [0.15, 0.2) is 55.1 Å². The number of amides is 1. The van der Waals surface area contributed by atoms with Gasteiger partial charge in [-0.15, -0.1) is 0 Å². The van der Waals surface area contributed by atoms with E-state index in [9.17, 15) is 18.4 Å². The number of halogens is 2. The van der Waals surface area contributed by atoms with E-state index in [-0.39, 0.29) is 23.7 Å². The Bertz CT molecular complexity index is 1410. The number of nitrogens with two attached hydrogens (primary N) is 1. The Morgan fingerprint density at radius 1 is 1.14 bits per heavy atom. The number of nitrogens with zero attached hydrogens (tertiary/aromatic N) is 4. The van der Waals surface area contributed by atoms with E-state index >= 15 is 0 Å². The van der Waals surface area contributed by atoms with Crippen LogP contribution in [0.2, 0.25) is 0 Å². The average Bonchev–Trinajstić information content (AvgIpc) is 3.18. The van der Waals surface area contributed by atoms with Gasteiger partial charge in [-0.1, -0.05) is 26.0 Å². The third kappa shape index (κ3) is 5.01. The van der Waals surface area contributed by atoms with Gasteiger partial charge >= 0.3 is 0 Å². The van der Waals surface area contributed by atoms with Crippen molar-refractivity contribution in [3.05, 3.63) is 66.5 Å². The molecule has 0 aliphatic heterocycles. The van der Waals surface area contributed by atoms with E-state index < -0.39 is 23.5 Å². The smallest absolute Gasteiger partial charge is 0.235 e. The Labute approximate surface area is 199 Å². The number of carbonyl (C=O) groups is 2. The summed E-state index contributed by atoms with van der Waals surface area (Å²) in [5.41, 5.74) is 6.96. The molecule has 10 heteroatoms. The summed E-state index contributed by atoms with van der Waals surface area (Å²) < 4.78 is 33.6. The van der Waals surface area contributed by atoms with Crippen LogP contribution in [-0.4, -0.2) is 37.6 Å². The Hall–Kier alpha value is -4.21. The number of hydrogen-bond donors (Lipinski definition) is 1. The van der Waals surface area contributed by atoms with Crippen molar-refractivity contribution >= 4 is 22.7 Å². The zero-order chi connectivity index (χ0) is 25.3. The second-order valence-electron chi connectivity index (χ2n) is 8.74. The summed E-state index contributed by atoms with van der Waals surface area (Å²) in [6, 6.07) is 8.43. The molecule has 2 N–H and O–H groups in total. The van der Waals surface area contributed by atoms with E-state index in [0.29, 0.717) is 27.9 Å². The van der Waals surface area contributed by atoms with Gasteiger partial charge in [0.15, 0.2) is 11.6 Å². The number of benzene rings is 1. The molecule has 0 radical (unpaired) electrons. The standard InChI is InChI=1S/C25H23F2N5O3/c1-14(26)35-18-6-4-5-15(7-18)19-13-32(24-30-11-17(27)12-31-24)20-8-16(10-29-22(19)20)21(33)9-25(2,3)23(28)34/h4-8,10-14H,9H2,1-3H3,(H2,28,34). The van der Waals surface area contributed by atoms with Crippen molar-refractivity contribution in [3.8, 4) is 22.8 Å². The van der Waals surface area contributed by atoms with E-state index in [1.165, 1.54) is 13.1 Å². The molecule has 0 fully saturated rings. The molecule has 8 nitrogen and oxygen atoms in total. The molecule has 3 aromatic heterocycles. The van der Waals surface area contributed by atoms with Gasteiger partial charge in [-0.05, 0) is 23.8 Å². The molecule has 1 amide bonds. The van der Waals surface area contributed by atoms with Gasteiger partial charge in [-0.25, -0.2) is 18.7 Å². The first-order valence-electron chi connectivity index (χ1n) is 10.8. The number of ketones is 1. The number of hydrogen-bond acceptors (Lipinski definition) is 6. The maximum Gasteiger partial charge on any atom is 0.235 e. The maximum absolute atomic E-state index is 13.5. The summed E-state index contributed by atoms with van der Waals surface area (Å²) in [4.78, 5) is 37.2. The molecule has 4 aromatic rings. The van der Waals surface area contributed by atoms with Crippen LogP contribution < -0.4 is 10.5 Å². The zero-order valence-electron chi connectivity index (χ0n) is 19.3. The van der Waals surface area contributed by atoms with Gasteiger partial charge in [0, 0.05) is 36.9 Å². The number of fused-ring (bicyclic) bond motifs is 1. The van der Waals surface area contributed by atoms with E-state index in [1.54, 1.807) is 54.9 Å². The van der Waals surface area contributed by atoms with Gasteiger partial charge in [0.05, 0.1) is 28.8 Å². The van der Waals surface area contributed by atoms with Crippen molar-refractivity contribution < 1.29 is 23.1 Å². The van der Waals surface area contributed by atoms with Gasteiger partial charge in [0.25, 0.3) is 0 Å². The highest BCUT2D eigenvalue weighted by Gasteiger charge is 2.29. The Morgan fingerprint density at radius 2 is 1.86 bits per heavy atom. The molecule has 1 aromatic carbocycles. The van der Waals surface area contributed by atoms with E-state index in [0.717, 1.165) is 12.4 Å². The predicted octanol–water partition coefficient (Wildman–Crippen LogP) is 4.40. The van der Waals surface area contributed by atoms with E-state index in [4.69, 9.17) is 10.5 Å². The molecule has 0 bridgehead atoms. The fourth-order valence-electron chi connectivity index (χ4n) is 3.58. The van der Waals surface area contributed by atoms with Crippen molar-refractivity contribution in [2.24, 2.45) is 11.1 Å². The number of rotatable bonds is 8. The van der Waals surface area contributed by atoms with Crippen molar-refractivity contribution in [2.45, 2.75) is 33.5 Å². The molecular formula is C25H23F2N5O3. The molecule has 1 unspecified atom stereocenters. The molecule has 35 heavy (non-hydrogen) atoms. The number of aromatic nitrogens is 4. The zero-order valence-corrected chi connectivity index (χ0v) is 19.3. The molecule has 1 atom stereocenters. The number of Topliss-reactive ketones (excluding diaryl/α,β-unsaturated/α-hetero) is 1. The highest BCUT2D eigenvalue weighted by molar-refractivity contribution is 6.03. The van der Waals surface area contributed by atoms with Crippen molar-refractivity contribution in [2.75, 3.05) is 0 Å². The summed E-state index contributed by atoms with van der Waals surface area (Å²) in [6.45, 7) is 4.48. The fraction of sp³-hybridized carbons (Fsp3) is 0.240. The fourth-order valence-corrected chi connectivity index (χ4v) is 3.58. The second-order valence-corrected chi connectivity index (χ2v) is 8.74. The third-order valence-electron chi connectivity index (χ3n) is 5.50. The summed E-state index contributed by atoms with van der Waals surface area (Å²) in [5, 5.41) is 0. The van der Waals surface area contributed by atoms with Crippen LogP contribution in [0.3, 0.4) is 0 Å². The second kappa shape index (κ2) is 9.21. The predicted molar refractivity (Wildman–Crippen MR) is 125 cm³/mol.